The molecule has 4 aromatic carbocycles. The van der Waals surface area contributed by atoms with Crippen LogP contribution >= 0.6 is 7.82 Å². The predicted molar refractivity (Wildman–Crippen MR) is 490 cm³/mol. The van der Waals surface area contributed by atoms with E-state index < -0.39 is 55.7 Å². The number of piperidine rings is 3. The number of benzene rings is 4. The van der Waals surface area contributed by atoms with E-state index in [4.69, 9.17) is 48.1 Å². The fourth-order valence-corrected chi connectivity index (χ4v) is 15.8. The van der Waals surface area contributed by atoms with Crippen molar-refractivity contribution < 1.29 is 119 Å². The molecule has 0 unspecified atom stereocenters. The Labute approximate surface area is 766 Å². The van der Waals surface area contributed by atoms with E-state index in [1.165, 1.54) is 99.5 Å². The van der Waals surface area contributed by atoms with Gasteiger partial charge in [0.2, 0.25) is 17.7 Å². The van der Waals surface area contributed by atoms with E-state index in [0.29, 0.717) is 141 Å². The van der Waals surface area contributed by atoms with Gasteiger partial charge in [-0.15, -0.1) is 0 Å². The predicted octanol–water partition coefficient (Wildman–Crippen LogP) is 12.3. The number of amides is 11. The Morgan fingerprint density at radius 1 is 0.538 bits per heavy atom. The molecule has 2 aromatic heterocycles. The summed E-state index contributed by atoms with van der Waals surface area (Å²) >= 11 is 0. The number of pyridine rings is 2. The number of nitrogens with one attached hydrogen (secondary N) is 3. The van der Waals surface area contributed by atoms with Gasteiger partial charge in [0.05, 0.1) is 123 Å². The summed E-state index contributed by atoms with van der Waals surface area (Å²) in [6, 6.07) is 23.9. The molecule has 0 saturated carbocycles. The molecule has 6 aromatic rings. The summed E-state index contributed by atoms with van der Waals surface area (Å²) < 4.78 is 61.4. The SMILES string of the molecule is C=C1CCCN(c2cc(C(=O)O)ccc2OC)C(=O)N1.C=C1CCN(c2cc(C(=O)O)ccc2OC)C(=O)N1COP(=O)(OC(C)(C)C)OC(C)(C)C.C=C1CCN(c2ccc(OC3CCN(CCN)CC3)cc2)C(=O)N1.CCOC(=O)Cc1cncc(N2CCC(=O)CC2=O)c1.COC(=O)c1cncc(N2CCC(=O)CC2=O)c1.COc1ccc(C)cc1N1CCC(=O)NC1=O. The van der Waals surface area contributed by atoms with Crippen LogP contribution in [0.3, 0.4) is 0 Å². The van der Waals surface area contributed by atoms with Gasteiger partial charge >= 0.3 is 55.8 Å². The minimum atomic E-state index is -4.07. The number of ether oxygens (including phenoxy) is 6. The first-order valence-electron chi connectivity index (χ1n) is 42.6. The maximum absolute atomic E-state index is 13.3. The Morgan fingerprint density at radius 3 is 1.55 bits per heavy atom. The van der Waals surface area contributed by atoms with Crippen LogP contribution in [-0.2, 0) is 62.8 Å². The average Bonchev–Trinajstić information content (AvgIpc) is 0.900. The van der Waals surface area contributed by atoms with Crippen molar-refractivity contribution >= 4 is 119 Å². The van der Waals surface area contributed by atoms with Gasteiger partial charge in [0, 0.05) is 133 Å². The van der Waals surface area contributed by atoms with Gasteiger partial charge in [-0.05, 0) is 177 Å². The molecule has 0 bridgehead atoms. The third kappa shape index (κ3) is 30.9. The zero-order chi connectivity index (χ0) is 96.9. The Balaban J connectivity index is 0.000000198. The number of urea groups is 4. The number of allylic oxidation sites excluding steroid dienone is 1. The third-order valence-corrected chi connectivity index (χ3v) is 22.4. The van der Waals surface area contributed by atoms with Crippen LogP contribution in [0.15, 0.2) is 153 Å². The lowest BCUT2D eigenvalue weighted by Crippen LogP contribution is -2.49. The maximum Gasteiger partial charge on any atom is 0.477 e. The summed E-state index contributed by atoms with van der Waals surface area (Å²) in [7, 11) is 1.68. The lowest BCUT2D eigenvalue weighted by Gasteiger charge is -2.38. The number of carbonyl (C=O) groups excluding carboxylic acids is 11. The number of esters is 2. The fraction of sp³-hybridized carbons (Fsp3) is 0.424. The molecule has 132 heavy (non-hydrogen) atoms. The van der Waals surface area contributed by atoms with Gasteiger partial charge in [-0.3, -0.25) is 82.1 Å². The number of nitrogens with two attached hydrogens (primary N) is 1. The first-order valence-corrected chi connectivity index (χ1v) is 44.0. The fourth-order valence-electron chi connectivity index (χ4n) is 14.0. The third-order valence-electron chi connectivity index (χ3n) is 20.4. The van der Waals surface area contributed by atoms with Crippen LogP contribution in [0.1, 0.15) is 161 Å². The van der Waals surface area contributed by atoms with Gasteiger partial charge in [-0.25, -0.2) is 38.1 Å². The summed E-state index contributed by atoms with van der Waals surface area (Å²) in [5.41, 5.74) is 11.4. The molecule has 7 aliphatic rings. The molecule has 9 heterocycles. The van der Waals surface area contributed by atoms with Crippen LogP contribution in [0.25, 0.3) is 0 Å². The molecule has 710 valence electrons. The van der Waals surface area contributed by atoms with E-state index in [1.807, 2.05) is 49.4 Å². The second-order valence-electron chi connectivity index (χ2n) is 32.7. The smallest absolute Gasteiger partial charge is 0.477 e. The summed E-state index contributed by atoms with van der Waals surface area (Å²) in [5.74, 6) is -1.58. The molecular weight excluding hydrogens is 1730 g/mol. The Bertz CT molecular complexity index is 5260. The topological polar surface area (TPSA) is 476 Å². The lowest BCUT2D eigenvalue weighted by molar-refractivity contribution is -0.142. The van der Waals surface area contributed by atoms with E-state index in [1.54, 1.807) is 85.0 Å². The van der Waals surface area contributed by atoms with Crippen molar-refractivity contribution in [2.24, 2.45) is 5.73 Å². The highest BCUT2D eigenvalue weighted by atomic mass is 31.2. The van der Waals surface area contributed by atoms with Crippen LogP contribution in [0.4, 0.5) is 53.3 Å². The second-order valence-corrected chi connectivity index (χ2v) is 34.3. The number of rotatable bonds is 24. The van der Waals surface area contributed by atoms with E-state index in [9.17, 15) is 72.0 Å². The van der Waals surface area contributed by atoms with Crippen molar-refractivity contribution in [3.8, 4) is 23.0 Å². The standard InChI is InChI=1S/C22H33N2O8P.C18H26N4O2.2C14H16N2O4.C12H12N2O4.C12H14N2O3/c1-15-11-12-23(17-13-16(19(25)26)9-10-18(17)29-8)20(27)24(15)14-30-33(28,31-21(2,3)4)32-22(5,6)7;1-14-6-12-22(18(23)20-14)15-2-4-16(5-3-15)24-17-7-10-21(11-8-17)13-9-19;1-9-4-3-7-16(14(19)15-9)11-8-10(13(17)18)5-6-12(11)20-2;1-2-20-14(19)6-10-5-11(9-15-8-10)16-4-3-12(17)7-13(16)18;1-18-12(17)8-4-9(7-13-6-8)14-3-2-10(15)5-11(14)16;1-8-3-4-10(17-2)9(7-8)14-6-5-11(15)13-12(14)16/h9-10,13H,1,11-12,14H2,2-8H3,(H,25,26);2-5,17H,1,6-13,19H2,(H,20,23);5-6,8H,1,3-4,7H2,2H3,(H,15,19)(H,17,18);5,8-9H,2-4,6-7H2,1H3;4,6-7H,2-3,5H2,1H3;3-4,7H,5-6H2,1-2H3,(H,13,15,16). The molecule has 0 atom stereocenters. The Kier molecular flexibility index (Phi) is 38.1. The highest BCUT2D eigenvalue weighted by Gasteiger charge is 2.41. The normalized spacial score (nSPS) is 16.4. The van der Waals surface area contributed by atoms with Crippen LogP contribution < -0.4 is 70.0 Å². The molecule has 0 spiro atoms. The van der Waals surface area contributed by atoms with Gasteiger partial charge in [0.15, 0.2) is 0 Å². The number of carboxylic acids is 2. The molecule has 13 rings (SSSR count). The number of aromatic nitrogens is 2. The van der Waals surface area contributed by atoms with Crippen molar-refractivity contribution in [2.45, 2.75) is 150 Å². The zero-order valence-corrected chi connectivity index (χ0v) is 77.3. The van der Waals surface area contributed by atoms with E-state index in [2.05, 4.69) is 55.3 Å². The number of hydrogen-bond acceptors (Lipinski definition) is 27. The van der Waals surface area contributed by atoms with Gasteiger partial charge in [-0.2, -0.15) is 0 Å². The number of phosphoric ester groups is 1. The van der Waals surface area contributed by atoms with Crippen molar-refractivity contribution in [3.63, 3.8) is 0 Å². The van der Waals surface area contributed by atoms with Crippen LogP contribution in [0.2, 0.25) is 0 Å². The number of methoxy groups -OCH3 is 4. The van der Waals surface area contributed by atoms with Crippen molar-refractivity contribution in [3.05, 3.63) is 180 Å². The largest absolute Gasteiger partial charge is 0.495 e. The van der Waals surface area contributed by atoms with Crippen LogP contribution in [0, 0.1) is 6.92 Å². The molecule has 7 aliphatic heterocycles. The Morgan fingerprint density at radius 2 is 1.03 bits per heavy atom. The van der Waals surface area contributed by atoms with Gasteiger partial charge in [-0.1, -0.05) is 25.8 Å². The summed E-state index contributed by atoms with van der Waals surface area (Å²) in [5, 5.41) is 26.1. The van der Waals surface area contributed by atoms with E-state index in [-0.39, 0.29) is 95.9 Å². The number of phosphoric acid groups is 1. The number of anilines is 6. The summed E-state index contributed by atoms with van der Waals surface area (Å²) in [6.07, 6.45) is 11.8. The number of ketones is 2. The van der Waals surface area contributed by atoms with Crippen molar-refractivity contribution in [2.75, 3.05) is 137 Å². The highest BCUT2D eigenvalue weighted by molar-refractivity contribution is 7.48. The number of aromatic carboxylic acids is 2. The molecule has 39 nitrogen and oxygen atoms in total. The first-order chi connectivity index (χ1) is 62.5. The minimum absolute atomic E-state index is 0.00690. The van der Waals surface area contributed by atoms with Crippen molar-refractivity contribution in [1.29, 1.82) is 0 Å². The Hall–Kier alpha value is -13.5. The van der Waals surface area contributed by atoms with Crippen LogP contribution in [0.5, 0.6) is 23.0 Å². The number of imide groups is 1. The number of hydrogen-bond donors (Lipinski definition) is 6. The summed E-state index contributed by atoms with van der Waals surface area (Å²) in [6.45, 7) is 31.5. The number of aryl methyl sites for hydroxylation is 1. The van der Waals surface area contributed by atoms with Gasteiger partial charge < -0.3 is 69.7 Å². The number of likely N-dealkylation sites (tertiary alicyclic amines) is 1. The zero-order valence-electron chi connectivity index (χ0n) is 76.4. The molecule has 0 aliphatic carbocycles. The highest BCUT2D eigenvalue weighted by Crippen LogP contribution is 2.56. The van der Waals surface area contributed by atoms with Gasteiger partial charge in [0.1, 0.15) is 47.4 Å². The van der Waals surface area contributed by atoms with Crippen molar-refractivity contribution in [1.82, 2.24) is 35.7 Å². The number of carboxylic acid groups (broad SMARTS) is 2. The molecule has 0 radical (unpaired) electrons. The van der Waals surface area contributed by atoms with E-state index in [0.717, 1.165) is 68.0 Å². The first kappa shape index (κ1) is 104. The second kappa shape index (κ2) is 48.4. The molecule has 7 saturated heterocycles. The molecule has 7 N–H and O–H groups in total. The van der Waals surface area contributed by atoms with E-state index >= 15 is 0 Å². The summed E-state index contributed by atoms with van der Waals surface area (Å²) in [4.78, 5) is 172. The molecule has 7 fully saturated rings. The lowest BCUT2D eigenvalue weighted by atomic mass is 10.1. The maximum atomic E-state index is 13.3. The minimum Gasteiger partial charge on any atom is -0.495 e. The monoisotopic (exact) mass is 1850 g/mol. The average molecular weight is 1850 g/mol. The molecular formula is C92H117N14O25P. The number of carbonyl (C=O) groups is 13. The van der Waals surface area contributed by atoms with Crippen LogP contribution in [-0.4, -0.2) is 232 Å². The number of Topliss-reactive ketones (excluding diaryl/α,β-unsaturated/α-hetero) is 2. The molecule has 11 amide bonds. The molecule has 40 heteroatoms. The van der Waals surface area contributed by atoms with Gasteiger partial charge in [0.25, 0.3) is 0 Å². The quantitative estimate of drug-likeness (QED) is 0.0186. The number of nitrogens with zero attached hydrogens (tertiary/aromatic N) is 10.